The molecule has 1 unspecified atom stereocenters. The number of ether oxygens (including phenoxy) is 1. The van der Waals surface area contributed by atoms with E-state index < -0.39 is 6.04 Å². The zero-order chi connectivity index (χ0) is 10.6. The van der Waals surface area contributed by atoms with Gasteiger partial charge in [-0.3, -0.25) is 4.79 Å². The highest BCUT2D eigenvalue weighted by Gasteiger charge is 2.22. The molecule has 2 N–H and O–H groups in total. The average Bonchev–Trinajstić information content (AvgIpc) is 2.65. The van der Waals surface area contributed by atoms with Crippen LogP contribution in [0.25, 0.3) is 0 Å². The number of nitrogens with zero attached hydrogens (tertiary/aromatic N) is 1. The lowest BCUT2D eigenvalue weighted by atomic mass is 10.2. The number of likely N-dealkylation sites (N-methyl/N-ethyl adjacent to an activating group) is 1. The van der Waals surface area contributed by atoms with Gasteiger partial charge in [0.2, 0.25) is 5.91 Å². The lowest BCUT2D eigenvalue weighted by Gasteiger charge is -2.25. The third-order valence-corrected chi connectivity index (χ3v) is 2.53. The summed E-state index contributed by atoms with van der Waals surface area (Å²) in [7, 11) is 0. The Hall–Kier alpha value is -0.320. The molecule has 0 aromatic rings. The highest BCUT2D eigenvalue weighted by Crippen LogP contribution is 2.13. The van der Waals surface area contributed by atoms with E-state index >= 15 is 0 Å². The molecule has 0 aromatic carbocycles. The Morgan fingerprint density at radius 2 is 2.33 bits per heavy atom. The minimum atomic E-state index is -0.406. The van der Waals surface area contributed by atoms with Gasteiger partial charge in [0.25, 0.3) is 0 Å². The number of halogens is 1. The van der Waals surface area contributed by atoms with Crippen molar-refractivity contribution in [2.24, 2.45) is 5.73 Å². The largest absolute Gasteiger partial charge is 0.376 e. The van der Waals surface area contributed by atoms with Gasteiger partial charge in [0.05, 0.1) is 12.1 Å². The SMILES string of the molecule is CCN(CC1CCCO1)C(=O)[C@H](C)N.Cl. The summed E-state index contributed by atoms with van der Waals surface area (Å²) in [6.45, 7) is 5.92. The predicted molar refractivity (Wildman–Crippen MR) is 62.1 cm³/mol. The van der Waals surface area contributed by atoms with Gasteiger partial charge in [0.15, 0.2) is 0 Å². The van der Waals surface area contributed by atoms with Gasteiger partial charge in [-0.15, -0.1) is 12.4 Å². The number of hydrogen-bond acceptors (Lipinski definition) is 3. The number of rotatable bonds is 4. The molecule has 5 heteroatoms. The van der Waals surface area contributed by atoms with Crippen molar-refractivity contribution in [1.29, 1.82) is 0 Å². The Morgan fingerprint density at radius 3 is 2.73 bits per heavy atom. The van der Waals surface area contributed by atoms with Crippen molar-refractivity contribution in [3.8, 4) is 0 Å². The molecule has 0 bridgehead atoms. The Balaban J connectivity index is 0.00000196. The summed E-state index contributed by atoms with van der Waals surface area (Å²) >= 11 is 0. The van der Waals surface area contributed by atoms with Crippen molar-refractivity contribution < 1.29 is 9.53 Å². The van der Waals surface area contributed by atoms with Crippen LogP contribution >= 0.6 is 12.4 Å². The summed E-state index contributed by atoms with van der Waals surface area (Å²) < 4.78 is 5.48. The van der Waals surface area contributed by atoms with Gasteiger partial charge in [0.1, 0.15) is 0 Å². The molecule has 2 atom stereocenters. The van der Waals surface area contributed by atoms with Crippen molar-refractivity contribution in [1.82, 2.24) is 4.90 Å². The van der Waals surface area contributed by atoms with Gasteiger partial charge in [-0.05, 0) is 26.7 Å². The van der Waals surface area contributed by atoms with E-state index in [0.29, 0.717) is 13.1 Å². The fraction of sp³-hybridized carbons (Fsp3) is 0.900. The molecule has 0 aliphatic carbocycles. The zero-order valence-corrected chi connectivity index (χ0v) is 10.3. The van der Waals surface area contributed by atoms with Crippen LogP contribution in [0.15, 0.2) is 0 Å². The lowest BCUT2D eigenvalue weighted by Crippen LogP contribution is -2.45. The van der Waals surface area contributed by atoms with Crippen LogP contribution in [-0.4, -0.2) is 42.6 Å². The van der Waals surface area contributed by atoms with Crippen molar-refractivity contribution >= 4 is 18.3 Å². The maximum absolute atomic E-state index is 11.6. The smallest absolute Gasteiger partial charge is 0.239 e. The van der Waals surface area contributed by atoms with Crippen LogP contribution in [0.1, 0.15) is 26.7 Å². The maximum Gasteiger partial charge on any atom is 0.239 e. The predicted octanol–water partition coefficient (Wildman–Crippen LogP) is 0.783. The van der Waals surface area contributed by atoms with Gasteiger partial charge < -0.3 is 15.4 Å². The van der Waals surface area contributed by atoms with Crippen LogP contribution in [0.3, 0.4) is 0 Å². The van der Waals surface area contributed by atoms with Crippen LogP contribution in [-0.2, 0) is 9.53 Å². The van der Waals surface area contributed by atoms with Gasteiger partial charge in [-0.25, -0.2) is 0 Å². The first-order chi connectivity index (χ1) is 6.65. The van der Waals surface area contributed by atoms with Gasteiger partial charge >= 0.3 is 0 Å². The Bertz CT molecular complexity index is 194. The van der Waals surface area contributed by atoms with E-state index in [4.69, 9.17) is 10.5 Å². The highest BCUT2D eigenvalue weighted by molar-refractivity contribution is 5.85. The number of amides is 1. The molecule has 4 nitrogen and oxygen atoms in total. The number of nitrogens with two attached hydrogens (primary N) is 1. The molecule has 0 saturated carbocycles. The molecule has 1 amide bonds. The first-order valence-electron chi connectivity index (χ1n) is 5.31. The molecule has 0 spiro atoms. The Labute approximate surface area is 97.5 Å². The molecule has 1 saturated heterocycles. The number of hydrogen-bond donors (Lipinski definition) is 1. The van der Waals surface area contributed by atoms with Crippen LogP contribution in [0, 0.1) is 0 Å². The first-order valence-corrected chi connectivity index (χ1v) is 5.31. The number of carbonyl (C=O) groups is 1. The lowest BCUT2D eigenvalue weighted by molar-refractivity contribution is -0.133. The molecule has 0 aromatic heterocycles. The van der Waals surface area contributed by atoms with E-state index in [-0.39, 0.29) is 24.4 Å². The van der Waals surface area contributed by atoms with Crippen molar-refractivity contribution in [3.63, 3.8) is 0 Å². The topological polar surface area (TPSA) is 55.6 Å². The van der Waals surface area contributed by atoms with Crippen LogP contribution in [0.2, 0.25) is 0 Å². The molecule has 1 fully saturated rings. The van der Waals surface area contributed by atoms with E-state index in [1.807, 2.05) is 6.92 Å². The molecule has 1 aliphatic rings. The normalized spacial score (nSPS) is 21.9. The minimum absolute atomic E-state index is 0. The molecular formula is C10H21ClN2O2. The second kappa shape index (κ2) is 7.04. The van der Waals surface area contributed by atoms with Crippen molar-refractivity contribution in [3.05, 3.63) is 0 Å². The molecule has 90 valence electrons. The second-order valence-electron chi connectivity index (χ2n) is 3.80. The zero-order valence-electron chi connectivity index (χ0n) is 9.44. The van der Waals surface area contributed by atoms with Crippen LogP contribution in [0.4, 0.5) is 0 Å². The summed E-state index contributed by atoms with van der Waals surface area (Å²) in [5.74, 6) is 0.0167. The summed E-state index contributed by atoms with van der Waals surface area (Å²) in [6.07, 6.45) is 2.38. The van der Waals surface area contributed by atoms with Gasteiger partial charge in [-0.2, -0.15) is 0 Å². The molecule has 1 aliphatic heterocycles. The molecule has 1 heterocycles. The Morgan fingerprint density at radius 1 is 1.67 bits per heavy atom. The van der Waals surface area contributed by atoms with Crippen molar-refractivity contribution in [2.75, 3.05) is 19.7 Å². The third-order valence-electron chi connectivity index (χ3n) is 2.53. The quantitative estimate of drug-likeness (QED) is 0.785. The van der Waals surface area contributed by atoms with E-state index in [1.165, 1.54) is 0 Å². The molecule has 0 radical (unpaired) electrons. The summed E-state index contributed by atoms with van der Waals surface area (Å²) in [4.78, 5) is 13.4. The van der Waals surface area contributed by atoms with E-state index in [9.17, 15) is 4.79 Å². The second-order valence-corrected chi connectivity index (χ2v) is 3.80. The Kier molecular flexibility index (Phi) is 6.89. The fourth-order valence-electron chi connectivity index (χ4n) is 1.70. The number of carbonyl (C=O) groups excluding carboxylic acids is 1. The first kappa shape index (κ1) is 14.7. The van der Waals surface area contributed by atoms with Crippen molar-refractivity contribution in [2.45, 2.75) is 38.8 Å². The van der Waals surface area contributed by atoms with Gasteiger partial charge in [0, 0.05) is 19.7 Å². The third kappa shape index (κ3) is 4.36. The highest BCUT2D eigenvalue weighted by atomic mass is 35.5. The van der Waals surface area contributed by atoms with Crippen LogP contribution < -0.4 is 5.73 Å². The standard InChI is InChI=1S/C10H20N2O2.ClH/c1-3-12(10(13)8(2)11)7-9-5-4-6-14-9;/h8-9H,3-7,11H2,1-2H3;1H/t8-,9?;/m0./s1. The molecule has 1 rings (SSSR count). The molecular weight excluding hydrogens is 216 g/mol. The van der Waals surface area contributed by atoms with E-state index in [2.05, 4.69) is 0 Å². The van der Waals surface area contributed by atoms with E-state index in [1.54, 1.807) is 11.8 Å². The fourth-order valence-corrected chi connectivity index (χ4v) is 1.70. The van der Waals surface area contributed by atoms with E-state index in [0.717, 1.165) is 19.4 Å². The summed E-state index contributed by atoms with van der Waals surface area (Å²) in [6, 6.07) is -0.406. The average molecular weight is 237 g/mol. The summed E-state index contributed by atoms with van der Waals surface area (Å²) in [5, 5.41) is 0. The summed E-state index contributed by atoms with van der Waals surface area (Å²) in [5.41, 5.74) is 5.55. The maximum atomic E-state index is 11.6. The van der Waals surface area contributed by atoms with Gasteiger partial charge in [-0.1, -0.05) is 0 Å². The van der Waals surface area contributed by atoms with Crippen LogP contribution in [0.5, 0.6) is 0 Å². The molecule has 15 heavy (non-hydrogen) atoms. The monoisotopic (exact) mass is 236 g/mol. The minimum Gasteiger partial charge on any atom is -0.376 e.